The normalized spacial score (nSPS) is 25.9. The third-order valence-electron chi connectivity index (χ3n) is 5.46. The van der Waals surface area contributed by atoms with Crippen molar-refractivity contribution in [3.63, 3.8) is 0 Å². The zero-order chi connectivity index (χ0) is 15.1. The topological polar surface area (TPSA) is 40.6 Å². The molecule has 1 aromatic carbocycles. The summed E-state index contributed by atoms with van der Waals surface area (Å²) in [5.74, 6) is 0.283. The molecule has 1 aliphatic carbocycles. The summed E-state index contributed by atoms with van der Waals surface area (Å²) in [5.41, 5.74) is 2.40. The van der Waals surface area contributed by atoms with Crippen molar-refractivity contribution in [3.8, 4) is 0 Å². The third-order valence-corrected chi connectivity index (χ3v) is 5.46. The van der Waals surface area contributed by atoms with Gasteiger partial charge in [-0.3, -0.25) is 9.59 Å². The van der Waals surface area contributed by atoms with E-state index in [4.69, 9.17) is 0 Å². The second-order valence-electron chi connectivity index (χ2n) is 6.77. The molecule has 1 atom stereocenters. The lowest BCUT2D eigenvalue weighted by Gasteiger charge is -2.46. The molecule has 0 spiro atoms. The summed E-state index contributed by atoms with van der Waals surface area (Å²) in [6, 6.07) is 8.18. The van der Waals surface area contributed by atoms with Crippen LogP contribution in [0.1, 0.15) is 43.2 Å². The summed E-state index contributed by atoms with van der Waals surface area (Å²) < 4.78 is 0. The molecule has 4 heteroatoms. The molecule has 0 N–H and O–H groups in total. The first-order valence-corrected chi connectivity index (χ1v) is 8.41. The number of carbonyl (C=O) groups is 2. The SMILES string of the molecule is O=C1C2Cc3ccccc3CN2C(=O)CN1C1CCCCC1. The molecule has 0 aromatic heterocycles. The molecule has 0 radical (unpaired) electrons. The Morgan fingerprint density at radius 3 is 2.36 bits per heavy atom. The first-order valence-electron chi connectivity index (χ1n) is 8.41. The van der Waals surface area contributed by atoms with Crippen molar-refractivity contribution < 1.29 is 9.59 Å². The van der Waals surface area contributed by atoms with E-state index < -0.39 is 0 Å². The molecule has 4 rings (SSSR count). The fourth-order valence-electron chi connectivity index (χ4n) is 4.21. The molecular weight excluding hydrogens is 276 g/mol. The van der Waals surface area contributed by atoms with Crippen LogP contribution in [0.15, 0.2) is 24.3 Å². The molecular formula is C18H22N2O2. The molecule has 2 aliphatic heterocycles. The maximum absolute atomic E-state index is 12.9. The van der Waals surface area contributed by atoms with E-state index in [1.165, 1.54) is 30.4 Å². The Balaban J connectivity index is 1.60. The Morgan fingerprint density at radius 2 is 1.59 bits per heavy atom. The lowest BCUT2D eigenvalue weighted by molar-refractivity contribution is -0.160. The van der Waals surface area contributed by atoms with Crippen molar-refractivity contribution in [3.05, 3.63) is 35.4 Å². The molecule has 2 fully saturated rings. The average Bonchev–Trinajstić information content (AvgIpc) is 2.57. The van der Waals surface area contributed by atoms with E-state index in [9.17, 15) is 9.59 Å². The molecule has 2 amide bonds. The minimum atomic E-state index is -0.280. The Kier molecular flexibility index (Phi) is 3.40. The molecule has 2 heterocycles. The largest absolute Gasteiger partial charge is 0.329 e. The third kappa shape index (κ3) is 2.21. The van der Waals surface area contributed by atoms with Gasteiger partial charge in [-0.15, -0.1) is 0 Å². The van der Waals surface area contributed by atoms with Gasteiger partial charge in [-0.2, -0.15) is 0 Å². The smallest absolute Gasteiger partial charge is 0.246 e. The predicted molar refractivity (Wildman–Crippen MR) is 83.1 cm³/mol. The van der Waals surface area contributed by atoms with E-state index in [0.717, 1.165) is 12.8 Å². The molecule has 3 aliphatic rings. The van der Waals surface area contributed by atoms with Crippen LogP contribution in [0, 0.1) is 0 Å². The van der Waals surface area contributed by atoms with Crippen LogP contribution in [0.4, 0.5) is 0 Å². The van der Waals surface area contributed by atoms with Crippen LogP contribution < -0.4 is 0 Å². The number of carbonyl (C=O) groups excluding carboxylic acids is 2. The van der Waals surface area contributed by atoms with Gasteiger partial charge in [0.05, 0.1) is 0 Å². The molecule has 22 heavy (non-hydrogen) atoms. The van der Waals surface area contributed by atoms with Crippen molar-refractivity contribution in [2.75, 3.05) is 6.54 Å². The van der Waals surface area contributed by atoms with E-state index in [2.05, 4.69) is 12.1 Å². The Morgan fingerprint density at radius 1 is 0.864 bits per heavy atom. The summed E-state index contributed by atoms with van der Waals surface area (Å²) in [6.45, 7) is 0.867. The highest BCUT2D eigenvalue weighted by Crippen LogP contribution is 2.31. The predicted octanol–water partition coefficient (Wildman–Crippen LogP) is 2.11. The highest BCUT2D eigenvalue weighted by molar-refractivity contribution is 5.95. The van der Waals surface area contributed by atoms with Crippen LogP contribution in [0.3, 0.4) is 0 Å². The molecule has 116 valence electrons. The van der Waals surface area contributed by atoms with Gasteiger partial charge in [0.15, 0.2) is 0 Å². The van der Waals surface area contributed by atoms with Gasteiger partial charge in [0, 0.05) is 19.0 Å². The van der Waals surface area contributed by atoms with Gasteiger partial charge in [0.25, 0.3) is 0 Å². The van der Waals surface area contributed by atoms with Gasteiger partial charge in [-0.1, -0.05) is 43.5 Å². The Hall–Kier alpha value is -1.84. The van der Waals surface area contributed by atoms with Crippen molar-refractivity contribution in [1.29, 1.82) is 0 Å². The number of nitrogens with zero attached hydrogens (tertiary/aromatic N) is 2. The molecule has 4 nitrogen and oxygen atoms in total. The zero-order valence-electron chi connectivity index (χ0n) is 12.8. The summed E-state index contributed by atoms with van der Waals surface area (Å²) in [6.07, 6.45) is 6.41. The second kappa shape index (κ2) is 5.41. The van der Waals surface area contributed by atoms with E-state index >= 15 is 0 Å². The standard InChI is InChI=1S/C18H22N2O2/c21-17-12-19(15-8-2-1-3-9-15)18(22)16-10-13-6-4-5-7-14(13)11-20(16)17/h4-7,15-16H,1-3,8-12H2. The minimum absolute atomic E-state index is 0.115. The number of piperazine rings is 1. The van der Waals surface area contributed by atoms with Gasteiger partial charge >= 0.3 is 0 Å². The molecule has 1 aromatic rings. The number of amides is 2. The average molecular weight is 298 g/mol. The van der Waals surface area contributed by atoms with Crippen LogP contribution in [0.2, 0.25) is 0 Å². The van der Waals surface area contributed by atoms with E-state index in [1.54, 1.807) is 4.90 Å². The number of hydrogen-bond donors (Lipinski definition) is 0. The van der Waals surface area contributed by atoms with Crippen molar-refractivity contribution in [1.82, 2.24) is 9.80 Å². The molecule has 1 unspecified atom stereocenters. The number of fused-ring (bicyclic) bond motifs is 2. The van der Waals surface area contributed by atoms with E-state index in [0.29, 0.717) is 13.0 Å². The second-order valence-corrected chi connectivity index (χ2v) is 6.77. The van der Waals surface area contributed by atoms with Crippen LogP contribution in [-0.2, 0) is 22.6 Å². The van der Waals surface area contributed by atoms with Gasteiger partial charge in [0.2, 0.25) is 11.8 Å². The summed E-state index contributed by atoms with van der Waals surface area (Å²) in [5, 5.41) is 0. The van der Waals surface area contributed by atoms with Crippen molar-refractivity contribution >= 4 is 11.8 Å². The van der Waals surface area contributed by atoms with Crippen LogP contribution in [0.5, 0.6) is 0 Å². The van der Waals surface area contributed by atoms with E-state index in [-0.39, 0.29) is 30.4 Å². The van der Waals surface area contributed by atoms with E-state index in [1.807, 2.05) is 17.0 Å². The number of benzene rings is 1. The summed E-state index contributed by atoms with van der Waals surface area (Å²) in [7, 11) is 0. The maximum atomic E-state index is 12.9. The lowest BCUT2D eigenvalue weighted by atomic mass is 9.89. The Labute approximate surface area is 131 Å². The monoisotopic (exact) mass is 298 g/mol. The highest BCUT2D eigenvalue weighted by atomic mass is 16.2. The van der Waals surface area contributed by atoms with Crippen molar-refractivity contribution in [2.24, 2.45) is 0 Å². The quantitative estimate of drug-likeness (QED) is 0.797. The summed E-state index contributed by atoms with van der Waals surface area (Å²) >= 11 is 0. The number of hydrogen-bond acceptors (Lipinski definition) is 2. The first kappa shape index (κ1) is 13.8. The van der Waals surface area contributed by atoms with Crippen LogP contribution in [0.25, 0.3) is 0 Å². The van der Waals surface area contributed by atoms with Gasteiger partial charge < -0.3 is 9.80 Å². The summed E-state index contributed by atoms with van der Waals surface area (Å²) in [4.78, 5) is 29.2. The zero-order valence-corrected chi connectivity index (χ0v) is 12.8. The minimum Gasteiger partial charge on any atom is -0.329 e. The Bertz CT molecular complexity index is 607. The number of rotatable bonds is 1. The van der Waals surface area contributed by atoms with Crippen LogP contribution >= 0.6 is 0 Å². The fraction of sp³-hybridized carbons (Fsp3) is 0.556. The van der Waals surface area contributed by atoms with Gasteiger partial charge in [0.1, 0.15) is 12.6 Å². The first-order chi connectivity index (χ1) is 10.7. The molecule has 1 saturated carbocycles. The highest BCUT2D eigenvalue weighted by Gasteiger charge is 2.43. The molecule has 0 bridgehead atoms. The maximum Gasteiger partial charge on any atom is 0.246 e. The van der Waals surface area contributed by atoms with Gasteiger partial charge in [-0.05, 0) is 24.0 Å². The fourth-order valence-corrected chi connectivity index (χ4v) is 4.21. The van der Waals surface area contributed by atoms with Crippen LogP contribution in [-0.4, -0.2) is 40.2 Å². The lowest BCUT2D eigenvalue weighted by Crippen LogP contribution is -2.63. The van der Waals surface area contributed by atoms with Gasteiger partial charge in [-0.25, -0.2) is 0 Å². The molecule has 1 saturated heterocycles. The van der Waals surface area contributed by atoms with Crippen molar-refractivity contribution in [2.45, 2.75) is 57.2 Å².